The zero-order chi connectivity index (χ0) is 13.7. The van der Waals surface area contributed by atoms with E-state index in [0.717, 1.165) is 0 Å². The molecule has 0 bridgehead atoms. The van der Waals surface area contributed by atoms with Crippen molar-refractivity contribution < 1.29 is 19.5 Å². The Morgan fingerprint density at radius 3 is 2.28 bits per heavy atom. The summed E-state index contributed by atoms with van der Waals surface area (Å²) in [4.78, 5) is 34.3. The first kappa shape index (κ1) is 14.3. The van der Waals surface area contributed by atoms with Gasteiger partial charge in [0.05, 0.1) is 5.92 Å². The van der Waals surface area contributed by atoms with Crippen molar-refractivity contribution in [3.63, 3.8) is 0 Å². The third-order valence-electron chi connectivity index (χ3n) is 3.14. The average molecular weight is 257 g/mol. The number of carbonyl (C=O) groups excluding carboxylic acids is 2. The lowest BCUT2D eigenvalue weighted by Crippen LogP contribution is -2.47. The van der Waals surface area contributed by atoms with Crippen LogP contribution in [0.4, 0.5) is 4.79 Å². The van der Waals surface area contributed by atoms with Gasteiger partial charge in [0.15, 0.2) is 0 Å². The van der Waals surface area contributed by atoms with Crippen LogP contribution in [0.3, 0.4) is 0 Å². The molecule has 7 heteroatoms. The first-order valence-corrected chi connectivity index (χ1v) is 5.93. The molecule has 102 valence electrons. The van der Waals surface area contributed by atoms with Crippen LogP contribution in [0, 0.1) is 5.92 Å². The van der Waals surface area contributed by atoms with Gasteiger partial charge >= 0.3 is 12.0 Å². The van der Waals surface area contributed by atoms with E-state index in [0.29, 0.717) is 25.7 Å². The zero-order valence-corrected chi connectivity index (χ0v) is 10.4. The lowest BCUT2D eigenvalue weighted by molar-refractivity contribution is -0.142. The van der Waals surface area contributed by atoms with E-state index in [1.807, 2.05) is 0 Å². The Morgan fingerprint density at radius 1 is 1.28 bits per heavy atom. The number of primary amides is 1. The van der Waals surface area contributed by atoms with Crippen molar-refractivity contribution in [3.05, 3.63) is 0 Å². The summed E-state index contributed by atoms with van der Waals surface area (Å²) < 4.78 is 0. The fraction of sp³-hybridized carbons (Fsp3) is 0.727. The first-order chi connectivity index (χ1) is 8.40. The third kappa shape index (κ3) is 4.23. The molecule has 0 aromatic carbocycles. The highest BCUT2D eigenvalue weighted by Gasteiger charge is 2.27. The number of hydrogen-bond acceptors (Lipinski definition) is 3. The number of nitrogens with zero attached hydrogens (tertiary/aromatic N) is 1. The minimum Gasteiger partial charge on any atom is -0.481 e. The minimum absolute atomic E-state index is 0.0246. The largest absolute Gasteiger partial charge is 0.481 e. The molecule has 0 aliphatic heterocycles. The smallest absolute Gasteiger partial charge is 0.317 e. The van der Waals surface area contributed by atoms with E-state index in [1.165, 1.54) is 11.9 Å². The fourth-order valence-electron chi connectivity index (χ4n) is 2.08. The summed E-state index contributed by atoms with van der Waals surface area (Å²) >= 11 is 0. The number of carboxylic acids is 1. The van der Waals surface area contributed by atoms with Gasteiger partial charge in [-0.1, -0.05) is 0 Å². The van der Waals surface area contributed by atoms with Crippen LogP contribution in [0.1, 0.15) is 25.7 Å². The van der Waals surface area contributed by atoms with Crippen LogP contribution in [-0.2, 0) is 9.59 Å². The first-order valence-electron chi connectivity index (χ1n) is 5.93. The van der Waals surface area contributed by atoms with Crippen molar-refractivity contribution >= 4 is 17.9 Å². The molecule has 0 atom stereocenters. The predicted molar refractivity (Wildman–Crippen MR) is 63.7 cm³/mol. The zero-order valence-electron chi connectivity index (χ0n) is 10.4. The molecule has 0 heterocycles. The van der Waals surface area contributed by atoms with Crippen LogP contribution in [0.5, 0.6) is 0 Å². The van der Waals surface area contributed by atoms with Gasteiger partial charge in [0.1, 0.15) is 6.54 Å². The van der Waals surface area contributed by atoms with E-state index in [-0.39, 0.29) is 24.5 Å². The van der Waals surface area contributed by atoms with E-state index in [9.17, 15) is 14.4 Å². The second kappa shape index (κ2) is 6.23. The number of urea groups is 1. The summed E-state index contributed by atoms with van der Waals surface area (Å²) in [5.74, 6) is -1.64. The van der Waals surface area contributed by atoms with Gasteiger partial charge in [0, 0.05) is 13.1 Å². The molecule has 0 spiro atoms. The highest BCUT2D eigenvalue weighted by molar-refractivity contribution is 5.82. The van der Waals surface area contributed by atoms with Crippen molar-refractivity contribution in [1.82, 2.24) is 10.2 Å². The quantitative estimate of drug-likeness (QED) is 0.644. The van der Waals surface area contributed by atoms with Gasteiger partial charge in [-0.2, -0.15) is 0 Å². The highest BCUT2D eigenvalue weighted by atomic mass is 16.4. The maximum Gasteiger partial charge on any atom is 0.317 e. The molecule has 4 N–H and O–H groups in total. The third-order valence-corrected chi connectivity index (χ3v) is 3.14. The van der Waals surface area contributed by atoms with E-state index in [2.05, 4.69) is 5.32 Å². The normalized spacial score (nSPS) is 23.2. The lowest BCUT2D eigenvalue weighted by Gasteiger charge is -2.28. The number of carbonyl (C=O) groups is 3. The molecule has 0 aromatic heterocycles. The molecule has 0 saturated heterocycles. The van der Waals surface area contributed by atoms with Gasteiger partial charge < -0.3 is 21.1 Å². The number of hydrogen-bond donors (Lipinski definition) is 3. The van der Waals surface area contributed by atoms with Crippen LogP contribution < -0.4 is 11.1 Å². The lowest BCUT2D eigenvalue weighted by atomic mass is 9.86. The molecule has 1 saturated carbocycles. The molecule has 3 amide bonds. The minimum atomic E-state index is -0.773. The molecule has 0 radical (unpaired) electrons. The Labute approximate surface area is 105 Å². The van der Waals surface area contributed by atoms with Crippen LogP contribution in [0.15, 0.2) is 0 Å². The van der Waals surface area contributed by atoms with Gasteiger partial charge in [-0.25, -0.2) is 4.79 Å². The van der Waals surface area contributed by atoms with Crippen molar-refractivity contribution in [2.45, 2.75) is 31.7 Å². The molecule has 1 fully saturated rings. The SMILES string of the molecule is CN(CC(N)=O)C(=O)NC1CCC(C(=O)O)CC1. The van der Waals surface area contributed by atoms with Gasteiger partial charge in [0.2, 0.25) is 5.91 Å². The predicted octanol–water partition coefficient (Wildman–Crippen LogP) is -0.243. The standard InChI is InChI=1S/C11H19N3O4/c1-14(6-9(12)15)11(18)13-8-4-2-7(3-5-8)10(16)17/h7-8H,2-6H2,1H3,(H2,12,15)(H,13,18)(H,16,17). The highest BCUT2D eigenvalue weighted by Crippen LogP contribution is 2.24. The summed E-state index contributed by atoms with van der Waals surface area (Å²) in [6, 6.07) is -0.379. The van der Waals surface area contributed by atoms with Crippen LogP contribution >= 0.6 is 0 Å². The topological polar surface area (TPSA) is 113 Å². The summed E-state index contributed by atoms with van der Waals surface area (Å²) in [5, 5.41) is 11.6. The number of nitrogens with two attached hydrogens (primary N) is 1. The second-order valence-electron chi connectivity index (χ2n) is 4.66. The maximum absolute atomic E-state index is 11.7. The summed E-state index contributed by atoms with van der Waals surface area (Å²) in [7, 11) is 1.49. The molecule has 1 aliphatic rings. The molecule has 18 heavy (non-hydrogen) atoms. The summed E-state index contributed by atoms with van der Waals surface area (Å²) in [5.41, 5.74) is 4.99. The summed E-state index contributed by atoms with van der Waals surface area (Å²) in [6.45, 7) is -0.129. The Kier molecular flexibility index (Phi) is 4.94. The second-order valence-corrected chi connectivity index (χ2v) is 4.66. The van der Waals surface area contributed by atoms with Crippen LogP contribution in [0.2, 0.25) is 0 Å². The van der Waals surface area contributed by atoms with Crippen molar-refractivity contribution in [1.29, 1.82) is 0 Å². The number of likely N-dealkylation sites (N-methyl/N-ethyl adjacent to an activating group) is 1. The van der Waals surface area contributed by atoms with Gasteiger partial charge in [-0.15, -0.1) is 0 Å². The number of carboxylic acid groups (broad SMARTS) is 1. The van der Waals surface area contributed by atoms with Gasteiger partial charge in [0.25, 0.3) is 0 Å². The molecule has 7 nitrogen and oxygen atoms in total. The van der Waals surface area contributed by atoms with E-state index in [4.69, 9.17) is 10.8 Å². The average Bonchev–Trinajstić information content (AvgIpc) is 2.28. The van der Waals surface area contributed by atoms with Gasteiger partial charge in [-0.05, 0) is 25.7 Å². The van der Waals surface area contributed by atoms with Crippen molar-refractivity contribution in [3.8, 4) is 0 Å². The fourth-order valence-corrected chi connectivity index (χ4v) is 2.08. The van der Waals surface area contributed by atoms with Crippen LogP contribution in [0.25, 0.3) is 0 Å². The van der Waals surface area contributed by atoms with Crippen molar-refractivity contribution in [2.24, 2.45) is 11.7 Å². The number of aliphatic carboxylic acids is 1. The molecule has 0 unspecified atom stereocenters. The molecule has 0 aromatic rings. The molecular formula is C11H19N3O4. The Balaban J connectivity index is 2.34. The van der Waals surface area contributed by atoms with E-state index >= 15 is 0 Å². The maximum atomic E-state index is 11.7. The number of nitrogens with one attached hydrogen (secondary N) is 1. The molecular weight excluding hydrogens is 238 g/mol. The van der Waals surface area contributed by atoms with E-state index in [1.54, 1.807) is 0 Å². The Hall–Kier alpha value is -1.79. The molecule has 1 rings (SSSR count). The van der Waals surface area contributed by atoms with Crippen molar-refractivity contribution in [2.75, 3.05) is 13.6 Å². The molecule has 1 aliphatic carbocycles. The Bertz CT molecular complexity index is 337. The Morgan fingerprint density at radius 2 is 1.83 bits per heavy atom. The number of amides is 3. The summed E-state index contributed by atoms with van der Waals surface area (Å²) in [6.07, 6.45) is 2.43. The number of rotatable bonds is 4. The van der Waals surface area contributed by atoms with E-state index < -0.39 is 11.9 Å². The van der Waals surface area contributed by atoms with Crippen LogP contribution in [-0.4, -0.2) is 47.5 Å². The monoisotopic (exact) mass is 257 g/mol. The van der Waals surface area contributed by atoms with Gasteiger partial charge in [-0.3, -0.25) is 9.59 Å².